The van der Waals surface area contributed by atoms with Crippen molar-refractivity contribution in [1.29, 1.82) is 0 Å². The summed E-state index contributed by atoms with van der Waals surface area (Å²) >= 11 is 0. The van der Waals surface area contributed by atoms with Crippen LogP contribution in [0, 0.1) is 0 Å². The number of unbranched alkanes of at least 4 members (excludes halogenated alkanes) is 41. The average molecular weight is 1040 g/mol. The molecule has 3 atom stereocenters. The van der Waals surface area contributed by atoms with Crippen LogP contribution >= 0.6 is 7.82 Å². The van der Waals surface area contributed by atoms with Gasteiger partial charge in [-0.2, -0.15) is 0 Å². The summed E-state index contributed by atoms with van der Waals surface area (Å²) in [5.41, 5.74) is 0. The summed E-state index contributed by atoms with van der Waals surface area (Å²) < 4.78 is 23.4. The molecule has 0 aliphatic heterocycles. The highest BCUT2D eigenvalue weighted by Crippen LogP contribution is 2.38. The van der Waals surface area contributed by atoms with Crippen LogP contribution in [0.5, 0.6) is 0 Å². The molecular formula is C63H123N2O6P. The molecular weight excluding hydrogens is 912 g/mol. The summed E-state index contributed by atoms with van der Waals surface area (Å²) in [6, 6.07) is -0.886. The number of phosphoric acid groups is 1. The zero-order chi connectivity index (χ0) is 52.7. The second-order valence-corrected chi connectivity index (χ2v) is 24.2. The van der Waals surface area contributed by atoms with E-state index in [0.717, 1.165) is 44.9 Å². The SMILES string of the molecule is CCCCCCCCCCC/C=C\C/C=C\CCCCCCCCCCCCCCCCCC(=O)NC(COP(=O)([O-])OCC[N+](C)(C)C)C(O)/C=C/CCCCCCCCCCCCCCCCCCC. The van der Waals surface area contributed by atoms with E-state index in [-0.39, 0.29) is 19.1 Å². The van der Waals surface area contributed by atoms with Gasteiger partial charge in [-0.3, -0.25) is 9.36 Å². The van der Waals surface area contributed by atoms with Gasteiger partial charge in [0.1, 0.15) is 13.2 Å². The van der Waals surface area contributed by atoms with Crippen LogP contribution in [0.25, 0.3) is 0 Å². The quantitative estimate of drug-likeness (QED) is 0.0272. The first-order chi connectivity index (χ1) is 35.0. The van der Waals surface area contributed by atoms with Gasteiger partial charge in [0.2, 0.25) is 5.91 Å². The van der Waals surface area contributed by atoms with Crippen LogP contribution in [-0.2, 0) is 18.4 Å². The highest BCUT2D eigenvalue weighted by molar-refractivity contribution is 7.45. The first kappa shape index (κ1) is 70.7. The Hall–Kier alpha value is -1.28. The summed E-state index contributed by atoms with van der Waals surface area (Å²) in [6.07, 6.45) is 70.9. The van der Waals surface area contributed by atoms with Crippen LogP contribution in [0.2, 0.25) is 0 Å². The number of carbonyl (C=O) groups excluding carboxylic acids is 1. The zero-order valence-electron chi connectivity index (χ0n) is 48.6. The summed E-state index contributed by atoms with van der Waals surface area (Å²) in [5, 5.41) is 13.9. The van der Waals surface area contributed by atoms with Gasteiger partial charge in [-0.25, -0.2) is 0 Å². The molecule has 0 rings (SSSR count). The first-order valence-corrected chi connectivity index (χ1v) is 32.8. The molecule has 0 fully saturated rings. The minimum absolute atomic E-state index is 0.000219. The maximum absolute atomic E-state index is 13.0. The lowest BCUT2D eigenvalue weighted by Gasteiger charge is -2.29. The van der Waals surface area contributed by atoms with Crippen molar-refractivity contribution in [3.63, 3.8) is 0 Å². The molecule has 1 amide bonds. The van der Waals surface area contributed by atoms with E-state index in [1.54, 1.807) is 6.08 Å². The van der Waals surface area contributed by atoms with Crippen LogP contribution in [0.4, 0.5) is 0 Å². The maximum atomic E-state index is 13.0. The van der Waals surface area contributed by atoms with Gasteiger partial charge < -0.3 is 28.8 Å². The molecule has 0 spiro atoms. The Kier molecular flexibility index (Phi) is 53.5. The predicted molar refractivity (Wildman–Crippen MR) is 311 cm³/mol. The Morgan fingerprint density at radius 3 is 1.15 bits per heavy atom. The molecule has 72 heavy (non-hydrogen) atoms. The summed E-state index contributed by atoms with van der Waals surface area (Å²) in [4.78, 5) is 25.5. The number of likely N-dealkylation sites (N-methyl/N-ethyl adjacent to an activating group) is 1. The van der Waals surface area contributed by atoms with Crippen LogP contribution in [0.15, 0.2) is 36.5 Å². The number of hydrogen-bond acceptors (Lipinski definition) is 6. The summed E-state index contributed by atoms with van der Waals surface area (Å²) in [5.74, 6) is -0.193. The number of nitrogens with one attached hydrogen (secondary N) is 1. The van der Waals surface area contributed by atoms with Gasteiger partial charge in [-0.1, -0.05) is 288 Å². The number of rotatable bonds is 58. The molecule has 0 aromatic heterocycles. The van der Waals surface area contributed by atoms with Gasteiger partial charge in [0.25, 0.3) is 7.82 Å². The molecule has 2 N–H and O–H groups in total. The Balaban J connectivity index is 4.09. The lowest BCUT2D eigenvalue weighted by atomic mass is 10.0. The average Bonchev–Trinajstić information content (AvgIpc) is 3.34. The fourth-order valence-electron chi connectivity index (χ4n) is 9.42. The number of aliphatic hydroxyl groups is 1. The van der Waals surface area contributed by atoms with Crippen molar-refractivity contribution >= 4 is 13.7 Å². The van der Waals surface area contributed by atoms with Gasteiger partial charge in [-0.15, -0.1) is 0 Å². The van der Waals surface area contributed by atoms with Gasteiger partial charge in [0.15, 0.2) is 0 Å². The van der Waals surface area contributed by atoms with Crippen molar-refractivity contribution in [2.75, 3.05) is 40.9 Å². The molecule has 0 heterocycles. The number of phosphoric ester groups is 1. The van der Waals surface area contributed by atoms with Crippen molar-refractivity contribution < 1.29 is 32.9 Å². The number of aliphatic hydroxyl groups excluding tert-OH is 1. The fourth-order valence-corrected chi connectivity index (χ4v) is 10.1. The molecule has 8 nitrogen and oxygen atoms in total. The molecule has 9 heteroatoms. The highest BCUT2D eigenvalue weighted by Gasteiger charge is 2.23. The smallest absolute Gasteiger partial charge is 0.268 e. The number of hydrogen-bond donors (Lipinski definition) is 2. The van der Waals surface area contributed by atoms with E-state index in [9.17, 15) is 19.4 Å². The van der Waals surface area contributed by atoms with Gasteiger partial charge in [0, 0.05) is 6.42 Å². The minimum Gasteiger partial charge on any atom is -0.756 e. The molecule has 0 aliphatic carbocycles. The third-order valence-corrected chi connectivity index (χ3v) is 15.3. The van der Waals surface area contributed by atoms with E-state index < -0.39 is 20.0 Å². The summed E-state index contributed by atoms with van der Waals surface area (Å²) in [6.45, 7) is 4.69. The van der Waals surface area contributed by atoms with E-state index in [0.29, 0.717) is 17.4 Å². The van der Waals surface area contributed by atoms with Gasteiger partial charge in [-0.05, 0) is 51.4 Å². The normalized spacial score (nSPS) is 14.0. The number of amides is 1. The maximum Gasteiger partial charge on any atom is 0.268 e. The predicted octanol–water partition coefficient (Wildman–Crippen LogP) is 18.7. The van der Waals surface area contributed by atoms with Gasteiger partial charge in [0.05, 0.1) is 39.9 Å². The minimum atomic E-state index is -4.60. The van der Waals surface area contributed by atoms with E-state index in [1.165, 1.54) is 244 Å². The largest absolute Gasteiger partial charge is 0.756 e. The molecule has 0 saturated heterocycles. The molecule has 3 unspecified atom stereocenters. The second-order valence-electron chi connectivity index (χ2n) is 22.8. The molecule has 426 valence electrons. The zero-order valence-corrected chi connectivity index (χ0v) is 49.5. The summed E-state index contributed by atoms with van der Waals surface area (Å²) in [7, 11) is 1.27. The van der Waals surface area contributed by atoms with Gasteiger partial charge >= 0.3 is 0 Å². The van der Waals surface area contributed by atoms with Crippen molar-refractivity contribution in [2.24, 2.45) is 0 Å². The fraction of sp³-hybridized carbons (Fsp3) is 0.889. The molecule has 0 aromatic carbocycles. The Bertz CT molecular complexity index is 1270. The third-order valence-electron chi connectivity index (χ3n) is 14.3. The molecule has 0 saturated carbocycles. The van der Waals surface area contributed by atoms with Crippen LogP contribution in [0.3, 0.4) is 0 Å². The van der Waals surface area contributed by atoms with E-state index >= 15 is 0 Å². The third kappa shape index (κ3) is 56.4. The van der Waals surface area contributed by atoms with E-state index in [2.05, 4.69) is 43.5 Å². The van der Waals surface area contributed by atoms with Crippen molar-refractivity contribution in [3.8, 4) is 0 Å². The molecule has 0 radical (unpaired) electrons. The first-order valence-electron chi connectivity index (χ1n) is 31.4. The highest BCUT2D eigenvalue weighted by atomic mass is 31.2. The number of allylic oxidation sites excluding steroid dienone is 5. The van der Waals surface area contributed by atoms with Crippen molar-refractivity contribution in [2.45, 2.75) is 321 Å². The second kappa shape index (κ2) is 54.5. The lowest BCUT2D eigenvalue weighted by molar-refractivity contribution is -0.870. The molecule has 0 aliphatic rings. The Morgan fingerprint density at radius 2 is 0.806 bits per heavy atom. The van der Waals surface area contributed by atoms with Crippen LogP contribution in [0.1, 0.15) is 309 Å². The molecule has 0 aromatic rings. The lowest BCUT2D eigenvalue weighted by Crippen LogP contribution is -2.45. The number of carbonyl (C=O) groups is 1. The number of nitrogens with zero attached hydrogens (tertiary/aromatic N) is 1. The topological polar surface area (TPSA) is 108 Å². The van der Waals surface area contributed by atoms with E-state index in [1.807, 2.05) is 27.2 Å². The monoisotopic (exact) mass is 1030 g/mol. The number of quaternary nitrogens is 1. The Labute approximate surface area is 448 Å². The van der Waals surface area contributed by atoms with Crippen molar-refractivity contribution in [3.05, 3.63) is 36.5 Å². The Morgan fingerprint density at radius 1 is 0.486 bits per heavy atom. The van der Waals surface area contributed by atoms with Crippen LogP contribution in [-0.4, -0.2) is 68.5 Å². The van der Waals surface area contributed by atoms with Crippen molar-refractivity contribution in [1.82, 2.24) is 5.32 Å². The standard InChI is InChI=1S/C63H123N2O6P/c1-6-8-10-12-14-16-18-20-22-24-26-27-28-29-30-31-32-33-34-35-36-37-39-41-43-45-47-49-51-53-55-57-63(67)64-61(60-71-72(68,69)70-59-58-65(3,4)5)62(66)56-54-52-50-48-46-44-42-40-38-25-23-21-19-17-15-13-11-9-7-2/h26-27,29-30,54,56,61-62,66H,6-25,28,31-53,55,57-60H2,1-5H3,(H-,64,67,68,69)/b27-26-,30-29-,56-54+. The van der Waals surface area contributed by atoms with E-state index in [4.69, 9.17) is 9.05 Å². The van der Waals surface area contributed by atoms with Crippen LogP contribution < -0.4 is 10.2 Å². The molecule has 0 bridgehead atoms.